The van der Waals surface area contributed by atoms with Crippen molar-refractivity contribution in [3.8, 4) is 0 Å². The van der Waals surface area contributed by atoms with Gasteiger partial charge in [-0.2, -0.15) is 0 Å². The lowest BCUT2D eigenvalue weighted by molar-refractivity contribution is -0.123. The van der Waals surface area contributed by atoms with Gasteiger partial charge in [-0.05, 0) is 23.8 Å². The summed E-state index contributed by atoms with van der Waals surface area (Å²) in [5.41, 5.74) is 0.977. The molecule has 6 heteroatoms. The van der Waals surface area contributed by atoms with E-state index in [4.69, 9.17) is 11.6 Å². The second-order valence-electron chi connectivity index (χ2n) is 7.39. The van der Waals surface area contributed by atoms with Crippen LogP contribution in [0.25, 0.3) is 10.9 Å². The SMILES string of the molecule is CC(C)(C)C(=O)CSc1nc2cc(Cl)ccc2c(=O)n1Cc1ccccc1. The summed E-state index contributed by atoms with van der Waals surface area (Å²) < 4.78 is 1.63. The van der Waals surface area contributed by atoms with Crippen LogP contribution in [0.4, 0.5) is 0 Å². The first kappa shape index (κ1) is 19.6. The molecule has 0 aliphatic carbocycles. The predicted octanol–water partition coefficient (Wildman–Crippen LogP) is 4.81. The molecule has 0 spiro atoms. The van der Waals surface area contributed by atoms with Crippen LogP contribution in [0.15, 0.2) is 58.5 Å². The number of ketones is 1. The number of fused-ring (bicyclic) bond motifs is 1. The van der Waals surface area contributed by atoms with E-state index < -0.39 is 5.41 Å². The van der Waals surface area contributed by atoms with Gasteiger partial charge in [0.2, 0.25) is 0 Å². The maximum Gasteiger partial charge on any atom is 0.262 e. The average molecular weight is 401 g/mol. The molecule has 2 aromatic carbocycles. The van der Waals surface area contributed by atoms with Crippen LogP contribution in [-0.4, -0.2) is 21.1 Å². The van der Waals surface area contributed by atoms with Gasteiger partial charge >= 0.3 is 0 Å². The minimum absolute atomic E-state index is 0.110. The zero-order valence-corrected chi connectivity index (χ0v) is 17.1. The zero-order valence-electron chi connectivity index (χ0n) is 15.5. The summed E-state index contributed by atoms with van der Waals surface area (Å²) in [5.74, 6) is 0.371. The highest BCUT2D eigenvalue weighted by atomic mass is 35.5. The molecule has 27 heavy (non-hydrogen) atoms. The van der Waals surface area contributed by atoms with Crippen molar-refractivity contribution in [3.63, 3.8) is 0 Å². The molecule has 3 rings (SSSR count). The molecule has 1 heterocycles. The normalized spacial score (nSPS) is 11.7. The minimum Gasteiger partial charge on any atom is -0.298 e. The first-order valence-electron chi connectivity index (χ1n) is 8.66. The number of rotatable bonds is 5. The van der Waals surface area contributed by atoms with Gasteiger partial charge in [-0.15, -0.1) is 0 Å². The number of carbonyl (C=O) groups excluding carboxylic acids is 1. The lowest BCUT2D eigenvalue weighted by atomic mass is 9.92. The van der Waals surface area contributed by atoms with Crippen molar-refractivity contribution in [2.45, 2.75) is 32.5 Å². The van der Waals surface area contributed by atoms with E-state index in [1.165, 1.54) is 11.8 Å². The first-order valence-corrected chi connectivity index (χ1v) is 10.0. The van der Waals surface area contributed by atoms with E-state index in [2.05, 4.69) is 4.98 Å². The number of thioether (sulfide) groups is 1. The molecule has 0 bridgehead atoms. The number of hydrogen-bond acceptors (Lipinski definition) is 4. The van der Waals surface area contributed by atoms with E-state index in [1.807, 2.05) is 51.1 Å². The van der Waals surface area contributed by atoms with E-state index in [1.54, 1.807) is 22.8 Å². The van der Waals surface area contributed by atoms with Gasteiger partial charge in [-0.25, -0.2) is 4.98 Å². The fourth-order valence-corrected chi connectivity index (χ4v) is 3.86. The van der Waals surface area contributed by atoms with Crippen LogP contribution in [0.2, 0.25) is 5.02 Å². The molecule has 1 aromatic heterocycles. The van der Waals surface area contributed by atoms with E-state index in [0.717, 1.165) is 5.56 Å². The molecule has 0 radical (unpaired) electrons. The maximum atomic E-state index is 13.1. The third-order valence-electron chi connectivity index (χ3n) is 4.23. The summed E-state index contributed by atoms with van der Waals surface area (Å²) in [6.45, 7) is 6.07. The monoisotopic (exact) mass is 400 g/mol. The average Bonchev–Trinajstić information content (AvgIpc) is 2.62. The Balaban J connectivity index is 2.06. The van der Waals surface area contributed by atoms with E-state index in [9.17, 15) is 9.59 Å². The molecule has 3 aromatic rings. The van der Waals surface area contributed by atoms with Gasteiger partial charge in [-0.3, -0.25) is 14.2 Å². The Hall–Kier alpha value is -2.11. The summed E-state index contributed by atoms with van der Waals surface area (Å²) in [6.07, 6.45) is 0. The molecule has 0 saturated carbocycles. The number of nitrogens with zero attached hydrogens (tertiary/aromatic N) is 2. The number of Topliss-reactive ketones (excluding diaryl/α,β-unsaturated/α-hetero) is 1. The van der Waals surface area contributed by atoms with Gasteiger partial charge in [-0.1, -0.05) is 74.5 Å². The van der Waals surface area contributed by atoms with Crippen LogP contribution in [0, 0.1) is 5.41 Å². The molecule has 0 aliphatic rings. The van der Waals surface area contributed by atoms with Crippen molar-refractivity contribution >= 4 is 40.0 Å². The van der Waals surface area contributed by atoms with Gasteiger partial charge in [0, 0.05) is 10.4 Å². The summed E-state index contributed by atoms with van der Waals surface area (Å²) in [4.78, 5) is 30.1. The lowest BCUT2D eigenvalue weighted by Crippen LogP contribution is -2.26. The van der Waals surface area contributed by atoms with Crippen molar-refractivity contribution in [2.24, 2.45) is 5.41 Å². The van der Waals surface area contributed by atoms with Gasteiger partial charge in [0.05, 0.1) is 23.2 Å². The standard InChI is InChI=1S/C21H21ClN2O2S/c1-21(2,3)18(25)13-27-20-23-17-11-15(22)9-10-16(17)19(26)24(20)12-14-7-5-4-6-8-14/h4-11H,12-13H2,1-3H3. The van der Waals surface area contributed by atoms with Gasteiger partial charge in [0.15, 0.2) is 5.16 Å². The number of hydrogen-bond donors (Lipinski definition) is 0. The molecule has 0 N–H and O–H groups in total. The largest absolute Gasteiger partial charge is 0.298 e. The quantitative estimate of drug-likeness (QED) is 0.455. The molecule has 0 aliphatic heterocycles. The lowest BCUT2D eigenvalue weighted by Gasteiger charge is -2.17. The molecule has 0 fully saturated rings. The topological polar surface area (TPSA) is 52.0 Å². The second kappa shape index (κ2) is 7.87. The van der Waals surface area contributed by atoms with Gasteiger partial charge in [0.25, 0.3) is 5.56 Å². The van der Waals surface area contributed by atoms with Crippen LogP contribution in [0.5, 0.6) is 0 Å². The second-order valence-corrected chi connectivity index (χ2v) is 8.77. The Labute approximate surface area is 167 Å². The van der Waals surface area contributed by atoms with Gasteiger partial charge < -0.3 is 0 Å². The zero-order chi connectivity index (χ0) is 19.6. The van der Waals surface area contributed by atoms with Crippen LogP contribution in [0.1, 0.15) is 26.3 Å². The Morgan fingerprint density at radius 1 is 1.15 bits per heavy atom. The molecule has 4 nitrogen and oxygen atoms in total. The molecular weight excluding hydrogens is 380 g/mol. The third kappa shape index (κ3) is 4.60. The van der Waals surface area contributed by atoms with E-state index in [-0.39, 0.29) is 17.1 Å². The van der Waals surface area contributed by atoms with Crippen LogP contribution < -0.4 is 5.56 Å². The molecule has 0 atom stereocenters. The fraction of sp³-hybridized carbons (Fsp3) is 0.286. The Morgan fingerprint density at radius 2 is 1.85 bits per heavy atom. The van der Waals surface area contributed by atoms with E-state index >= 15 is 0 Å². The van der Waals surface area contributed by atoms with Crippen molar-refractivity contribution in [3.05, 3.63) is 69.5 Å². The molecule has 0 amide bonds. The first-order chi connectivity index (χ1) is 12.8. The summed E-state index contributed by atoms with van der Waals surface area (Å²) in [6, 6.07) is 14.8. The fourth-order valence-electron chi connectivity index (χ4n) is 2.54. The highest BCUT2D eigenvalue weighted by Crippen LogP contribution is 2.24. The van der Waals surface area contributed by atoms with Crippen LogP contribution >= 0.6 is 23.4 Å². The summed E-state index contributed by atoms with van der Waals surface area (Å²) >= 11 is 7.37. The van der Waals surface area contributed by atoms with Crippen molar-refractivity contribution < 1.29 is 4.79 Å². The number of carbonyl (C=O) groups is 1. The van der Waals surface area contributed by atoms with Crippen LogP contribution in [-0.2, 0) is 11.3 Å². The predicted molar refractivity (Wildman–Crippen MR) is 112 cm³/mol. The molecule has 0 saturated heterocycles. The minimum atomic E-state index is -0.433. The van der Waals surface area contributed by atoms with Crippen molar-refractivity contribution in [1.29, 1.82) is 0 Å². The van der Waals surface area contributed by atoms with Gasteiger partial charge in [0.1, 0.15) is 5.78 Å². The molecule has 0 unspecified atom stereocenters. The maximum absolute atomic E-state index is 13.1. The Kier molecular flexibility index (Phi) is 5.72. The summed E-state index contributed by atoms with van der Waals surface area (Å²) in [7, 11) is 0. The van der Waals surface area contributed by atoms with Crippen LogP contribution in [0.3, 0.4) is 0 Å². The Bertz CT molecular complexity index is 1040. The molecular formula is C21H21ClN2O2S. The van der Waals surface area contributed by atoms with Crippen molar-refractivity contribution in [1.82, 2.24) is 9.55 Å². The highest BCUT2D eigenvalue weighted by molar-refractivity contribution is 7.99. The third-order valence-corrected chi connectivity index (χ3v) is 5.45. The summed E-state index contributed by atoms with van der Waals surface area (Å²) in [5, 5.41) is 1.56. The molecule has 140 valence electrons. The van der Waals surface area contributed by atoms with Crippen molar-refractivity contribution in [2.75, 3.05) is 5.75 Å². The van der Waals surface area contributed by atoms with E-state index in [0.29, 0.717) is 27.6 Å². The number of benzene rings is 2. The smallest absolute Gasteiger partial charge is 0.262 e. The Morgan fingerprint density at radius 3 is 2.52 bits per heavy atom. The highest BCUT2D eigenvalue weighted by Gasteiger charge is 2.22. The number of aromatic nitrogens is 2. The number of halogens is 1.